The van der Waals surface area contributed by atoms with Crippen LogP contribution >= 0.6 is 11.6 Å². The number of benzene rings is 1. The van der Waals surface area contributed by atoms with Crippen molar-refractivity contribution in [1.29, 1.82) is 0 Å². The van der Waals surface area contributed by atoms with Crippen molar-refractivity contribution in [3.05, 3.63) is 36.1 Å². The number of rotatable bonds is 2. The van der Waals surface area contributed by atoms with Gasteiger partial charge in [-0.25, -0.2) is 4.39 Å². The van der Waals surface area contributed by atoms with Crippen LogP contribution in [0.1, 0.15) is 19.8 Å². The van der Waals surface area contributed by atoms with Crippen LogP contribution in [0.2, 0.25) is 0 Å². The summed E-state index contributed by atoms with van der Waals surface area (Å²) < 4.78 is 11.9. The van der Waals surface area contributed by atoms with Gasteiger partial charge in [0.25, 0.3) is 0 Å². The van der Waals surface area contributed by atoms with Gasteiger partial charge in [-0.05, 0) is 30.2 Å². The SMILES string of the molecule is CCCC(=O)Cl.Fc1ccccc1.O. The van der Waals surface area contributed by atoms with Gasteiger partial charge in [0, 0.05) is 6.42 Å². The summed E-state index contributed by atoms with van der Waals surface area (Å²) >= 11 is 4.94. The number of hydrogen-bond acceptors (Lipinski definition) is 1. The molecule has 0 saturated carbocycles. The first-order chi connectivity index (χ1) is 6.16. The first-order valence-electron chi connectivity index (χ1n) is 4.05. The van der Waals surface area contributed by atoms with E-state index in [2.05, 4.69) is 0 Å². The van der Waals surface area contributed by atoms with Crippen LogP contribution in [0.3, 0.4) is 0 Å². The fraction of sp³-hybridized carbons (Fsp3) is 0.300. The van der Waals surface area contributed by atoms with Gasteiger partial charge in [0.05, 0.1) is 0 Å². The van der Waals surface area contributed by atoms with Gasteiger partial charge in [0.15, 0.2) is 0 Å². The Balaban J connectivity index is 0. The number of carbonyl (C=O) groups is 1. The van der Waals surface area contributed by atoms with Crippen LogP contribution in [0, 0.1) is 5.82 Å². The van der Waals surface area contributed by atoms with Crippen molar-refractivity contribution >= 4 is 16.8 Å². The molecule has 0 aliphatic carbocycles. The monoisotopic (exact) mass is 220 g/mol. The Hall–Kier alpha value is -0.930. The highest BCUT2D eigenvalue weighted by Crippen LogP contribution is 1.92. The minimum absolute atomic E-state index is 0. The Morgan fingerprint density at radius 2 is 1.86 bits per heavy atom. The molecule has 0 unspecified atom stereocenters. The molecule has 0 radical (unpaired) electrons. The fourth-order valence-electron chi connectivity index (χ4n) is 0.611. The van der Waals surface area contributed by atoms with Crippen molar-refractivity contribution in [2.75, 3.05) is 0 Å². The molecule has 0 heterocycles. The van der Waals surface area contributed by atoms with Crippen molar-refractivity contribution in [2.24, 2.45) is 0 Å². The Morgan fingerprint density at radius 1 is 1.36 bits per heavy atom. The predicted octanol–water partition coefficient (Wildman–Crippen LogP) is 2.55. The largest absolute Gasteiger partial charge is 0.412 e. The summed E-state index contributed by atoms with van der Waals surface area (Å²) in [6, 6.07) is 7.94. The second-order valence-corrected chi connectivity index (χ2v) is 2.82. The van der Waals surface area contributed by atoms with Crippen LogP contribution in [0.15, 0.2) is 30.3 Å². The molecule has 1 aromatic rings. The van der Waals surface area contributed by atoms with Crippen molar-refractivity contribution < 1.29 is 14.7 Å². The van der Waals surface area contributed by atoms with E-state index in [1.54, 1.807) is 18.2 Å². The van der Waals surface area contributed by atoms with Gasteiger partial charge < -0.3 is 5.48 Å². The van der Waals surface area contributed by atoms with Crippen LogP contribution in [-0.4, -0.2) is 10.7 Å². The van der Waals surface area contributed by atoms with Gasteiger partial charge in [0.2, 0.25) is 5.24 Å². The van der Waals surface area contributed by atoms with Crippen LogP contribution in [-0.2, 0) is 4.79 Å². The van der Waals surface area contributed by atoms with Gasteiger partial charge in [-0.3, -0.25) is 4.79 Å². The Morgan fingerprint density at radius 3 is 2.00 bits per heavy atom. The Kier molecular flexibility index (Phi) is 11.3. The van der Waals surface area contributed by atoms with E-state index >= 15 is 0 Å². The van der Waals surface area contributed by atoms with Crippen molar-refractivity contribution in [1.82, 2.24) is 0 Å². The number of halogens is 2. The number of hydrogen-bond donors (Lipinski definition) is 0. The van der Waals surface area contributed by atoms with Gasteiger partial charge in [-0.2, -0.15) is 0 Å². The van der Waals surface area contributed by atoms with Crippen LogP contribution in [0.5, 0.6) is 0 Å². The molecule has 1 rings (SSSR count). The molecule has 0 aromatic heterocycles. The third-order valence-electron chi connectivity index (χ3n) is 1.18. The van der Waals surface area contributed by atoms with E-state index < -0.39 is 0 Å². The fourth-order valence-corrected chi connectivity index (χ4v) is 0.800. The quantitative estimate of drug-likeness (QED) is 0.707. The second-order valence-electron chi connectivity index (χ2n) is 2.40. The molecule has 4 heteroatoms. The summed E-state index contributed by atoms with van der Waals surface area (Å²) in [6.07, 6.45) is 1.35. The first-order valence-corrected chi connectivity index (χ1v) is 4.43. The maximum absolute atomic E-state index is 11.9. The molecule has 0 bridgehead atoms. The molecule has 0 atom stereocenters. The van der Waals surface area contributed by atoms with E-state index in [4.69, 9.17) is 11.6 Å². The molecule has 14 heavy (non-hydrogen) atoms. The average Bonchev–Trinajstić information content (AvgIpc) is 2.06. The van der Waals surface area contributed by atoms with E-state index in [-0.39, 0.29) is 16.5 Å². The maximum atomic E-state index is 11.9. The van der Waals surface area contributed by atoms with Crippen LogP contribution in [0.25, 0.3) is 0 Å². The topological polar surface area (TPSA) is 48.6 Å². The van der Waals surface area contributed by atoms with Gasteiger partial charge in [-0.15, -0.1) is 0 Å². The van der Waals surface area contributed by atoms with E-state index in [1.165, 1.54) is 12.1 Å². The summed E-state index contributed by atoms with van der Waals surface area (Å²) in [7, 11) is 0. The van der Waals surface area contributed by atoms with E-state index in [0.29, 0.717) is 6.42 Å². The molecule has 80 valence electrons. The van der Waals surface area contributed by atoms with Crippen molar-refractivity contribution in [2.45, 2.75) is 19.8 Å². The summed E-state index contributed by atoms with van der Waals surface area (Å²) in [5, 5.41) is -0.238. The third-order valence-corrected chi connectivity index (χ3v) is 1.37. The average molecular weight is 221 g/mol. The molecule has 2 N–H and O–H groups in total. The van der Waals surface area contributed by atoms with Gasteiger partial charge >= 0.3 is 0 Å². The zero-order valence-electron chi connectivity index (χ0n) is 7.97. The zero-order valence-corrected chi connectivity index (χ0v) is 8.72. The maximum Gasteiger partial charge on any atom is 0.221 e. The lowest BCUT2D eigenvalue weighted by Gasteiger charge is -1.78. The standard InChI is InChI=1S/C6H5F.C4H7ClO.H2O/c7-6-4-2-1-3-5-6;1-2-3-4(5)6;/h1-5H;2-3H2,1H3;1H2. The second kappa shape index (κ2) is 10.2. The van der Waals surface area contributed by atoms with Gasteiger partial charge in [0.1, 0.15) is 5.82 Å². The van der Waals surface area contributed by atoms with Crippen molar-refractivity contribution in [3.8, 4) is 0 Å². The molecule has 1 aromatic carbocycles. The smallest absolute Gasteiger partial charge is 0.221 e. The molecule has 0 aliphatic rings. The van der Waals surface area contributed by atoms with Crippen LogP contribution in [0.4, 0.5) is 4.39 Å². The van der Waals surface area contributed by atoms with Gasteiger partial charge in [-0.1, -0.05) is 25.1 Å². The van der Waals surface area contributed by atoms with E-state index in [9.17, 15) is 9.18 Å². The highest BCUT2D eigenvalue weighted by Gasteiger charge is 1.87. The van der Waals surface area contributed by atoms with E-state index in [1.807, 2.05) is 6.92 Å². The molecule has 0 amide bonds. The molecular weight excluding hydrogens is 207 g/mol. The third kappa shape index (κ3) is 11.1. The predicted molar refractivity (Wildman–Crippen MR) is 55.8 cm³/mol. The highest BCUT2D eigenvalue weighted by atomic mass is 35.5. The lowest BCUT2D eigenvalue weighted by atomic mass is 10.4. The minimum Gasteiger partial charge on any atom is -0.412 e. The van der Waals surface area contributed by atoms with Crippen LogP contribution < -0.4 is 0 Å². The minimum atomic E-state index is -0.238. The molecule has 0 aliphatic heterocycles. The zero-order chi connectivity index (χ0) is 10.1. The molecular formula is C10H14ClFO2. The summed E-state index contributed by atoms with van der Waals surface area (Å²) in [4.78, 5) is 9.81. The molecule has 0 saturated heterocycles. The van der Waals surface area contributed by atoms with Crippen molar-refractivity contribution in [3.63, 3.8) is 0 Å². The summed E-state index contributed by atoms with van der Waals surface area (Å²) in [6.45, 7) is 1.92. The lowest BCUT2D eigenvalue weighted by Crippen LogP contribution is -1.79. The molecule has 0 spiro atoms. The lowest BCUT2D eigenvalue weighted by molar-refractivity contribution is -0.111. The summed E-state index contributed by atoms with van der Waals surface area (Å²) in [5.41, 5.74) is 0. The Labute approximate surface area is 88.0 Å². The Bertz CT molecular complexity index is 239. The molecule has 0 fully saturated rings. The highest BCUT2D eigenvalue weighted by molar-refractivity contribution is 6.63. The summed E-state index contributed by atoms with van der Waals surface area (Å²) in [5.74, 6) is -0.178. The molecule has 2 nitrogen and oxygen atoms in total. The van der Waals surface area contributed by atoms with E-state index in [0.717, 1.165) is 6.42 Å². The normalized spacial score (nSPS) is 7.93. The number of carbonyl (C=O) groups excluding carboxylic acids is 1. The first kappa shape index (κ1) is 15.5.